The minimum absolute atomic E-state index is 0.112. The minimum Gasteiger partial charge on any atom is -0.476 e. The summed E-state index contributed by atoms with van der Waals surface area (Å²) in [5, 5.41) is 21.3. The number of nitrogens with one attached hydrogen (secondary N) is 1. The van der Waals surface area contributed by atoms with Gasteiger partial charge in [0.25, 0.3) is 0 Å². The highest BCUT2D eigenvalue weighted by Gasteiger charge is 2.08. The molecule has 2 rings (SSSR count). The fourth-order valence-electron chi connectivity index (χ4n) is 1.23. The highest BCUT2D eigenvalue weighted by molar-refractivity contribution is 7.11. The monoisotopic (exact) mass is 250 g/mol. The third-order valence-electron chi connectivity index (χ3n) is 1.97. The number of hydrogen-bond donors (Lipinski definition) is 2. The van der Waals surface area contributed by atoms with E-state index in [0.29, 0.717) is 13.1 Å². The SMILES string of the molecule is O=C(O)c1nc(CNCc2cccnn2)cs1. The van der Waals surface area contributed by atoms with E-state index in [1.165, 1.54) is 0 Å². The van der Waals surface area contributed by atoms with Gasteiger partial charge in [-0.3, -0.25) is 0 Å². The third-order valence-corrected chi connectivity index (χ3v) is 2.85. The summed E-state index contributed by atoms with van der Waals surface area (Å²) in [5.41, 5.74) is 1.55. The van der Waals surface area contributed by atoms with Gasteiger partial charge in [-0.2, -0.15) is 10.2 Å². The van der Waals surface area contributed by atoms with Crippen molar-refractivity contribution in [3.8, 4) is 0 Å². The van der Waals surface area contributed by atoms with Crippen LogP contribution >= 0.6 is 11.3 Å². The van der Waals surface area contributed by atoms with Crippen molar-refractivity contribution >= 4 is 17.3 Å². The number of carboxylic acids is 1. The van der Waals surface area contributed by atoms with Crippen LogP contribution in [0.4, 0.5) is 0 Å². The minimum atomic E-state index is -0.991. The zero-order valence-corrected chi connectivity index (χ0v) is 9.65. The van der Waals surface area contributed by atoms with E-state index < -0.39 is 5.97 Å². The number of carbonyl (C=O) groups is 1. The summed E-state index contributed by atoms with van der Waals surface area (Å²) < 4.78 is 0. The van der Waals surface area contributed by atoms with Crippen molar-refractivity contribution in [3.63, 3.8) is 0 Å². The number of aromatic nitrogens is 3. The summed E-state index contributed by atoms with van der Waals surface area (Å²) in [6.07, 6.45) is 1.61. The Kier molecular flexibility index (Phi) is 3.73. The molecule has 2 heterocycles. The molecule has 0 saturated heterocycles. The molecule has 0 radical (unpaired) electrons. The van der Waals surface area contributed by atoms with Crippen LogP contribution in [0.5, 0.6) is 0 Å². The van der Waals surface area contributed by atoms with Gasteiger partial charge >= 0.3 is 5.97 Å². The molecule has 17 heavy (non-hydrogen) atoms. The Hall–Kier alpha value is -1.86. The van der Waals surface area contributed by atoms with Gasteiger partial charge < -0.3 is 10.4 Å². The molecule has 2 aromatic rings. The highest BCUT2D eigenvalue weighted by Crippen LogP contribution is 2.09. The topological polar surface area (TPSA) is 88.0 Å². The summed E-state index contributed by atoms with van der Waals surface area (Å²) in [4.78, 5) is 14.6. The van der Waals surface area contributed by atoms with Crippen molar-refractivity contribution in [2.45, 2.75) is 13.1 Å². The molecule has 2 N–H and O–H groups in total. The number of aromatic carboxylic acids is 1. The molecule has 0 atom stereocenters. The van der Waals surface area contributed by atoms with E-state index in [1.807, 2.05) is 12.1 Å². The predicted octanol–water partition coefficient (Wildman–Crippen LogP) is 0.921. The van der Waals surface area contributed by atoms with Gasteiger partial charge in [0.15, 0.2) is 0 Å². The molecule has 7 heteroatoms. The van der Waals surface area contributed by atoms with Crippen molar-refractivity contribution in [2.75, 3.05) is 0 Å². The van der Waals surface area contributed by atoms with Crippen LogP contribution in [0.3, 0.4) is 0 Å². The van der Waals surface area contributed by atoms with Gasteiger partial charge in [-0.05, 0) is 12.1 Å². The maximum Gasteiger partial charge on any atom is 0.365 e. The third kappa shape index (κ3) is 3.30. The molecular weight excluding hydrogens is 240 g/mol. The summed E-state index contributed by atoms with van der Waals surface area (Å²) >= 11 is 1.13. The van der Waals surface area contributed by atoms with Crippen molar-refractivity contribution in [3.05, 3.63) is 40.1 Å². The van der Waals surface area contributed by atoms with Crippen LogP contribution in [0.15, 0.2) is 23.7 Å². The molecule has 0 saturated carbocycles. The first-order valence-electron chi connectivity index (χ1n) is 4.90. The maximum absolute atomic E-state index is 10.6. The van der Waals surface area contributed by atoms with Crippen LogP contribution in [-0.4, -0.2) is 26.3 Å². The van der Waals surface area contributed by atoms with Crippen molar-refractivity contribution in [2.24, 2.45) is 0 Å². The van der Waals surface area contributed by atoms with E-state index >= 15 is 0 Å². The number of carboxylic acid groups (broad SMARTS) is 1. The van der Waals surface area contributed by atoms with Gasteiger partial charge in [-0.25, -0.2) is 9.78 Å². The van der Waals surface area contributed by atoms with Crippen LogP contribution in [0.1, 0.15) is 21.2 Å². The van der Waals surface area contributed by atoms with Gasteiger partial charge in [-0.15, -0.1) is 11.3 Å². The van der Waals surface area contributed by atoms with Crippen LogP contribution in [0, 0.1) is 0 Å². The van der Waals surface area contributed by atoms with Crippen molar-refractivity contribution in [1.82, 2.24) is 20.5 Å². The summed E-state index contributed by atoms with van der Waals surface area (Å²) in [6.45, 7) is 1.09. The molecule has 88 valence electrons. The lowest BCUT2D eigenvalue weighted by Gasteiger charge is -2.00. The molecule has 0 amide bonds. The Balaban J connectivity index is 1.84. The Morgan fingerprint density at radius 2 is 2.24 bits per heavy atom. The molecule has 0 aromatic carbocycles. The number of thiazole rings is 1. The predicted molar refractivity (Wildman–Crippen MR) is 61.6 cm³/mol. The quantitative estimate of drug-likeness (QED) is 0.820. The molecule has 0 aliphatic rings. The average Bonchev–Trinajstić information content (AvgIpc) is 2.79. The van der Waals surface area contributed by atoms with Crippen LogP contribution in [-0.2, 0) is 13.1 Å². The zero-order valence-electron chi connectivity index (χ0n) is 8.83. The number of nitrogens with zero attached hydrogens (tertiary/aromatic N) is 3. The fraction of sp³-hybridized carbons (Fsp3) is 0.200. The van der Waals surface area contributed by atoms with Gasteiger partial charge in [-0.1, -0.05) is 0 Å². The van der Waals surface area contributed by atoms with E-state index in [1.54, 1.807) is 11.6 Å². The molecule has 2 aromatic heterocycles. The molecule has 6 nitrogen and oxygen atoms in total. The standard InChI is InChI=1S/C10H10N4O2S/c15-10(16)9-13-8(6-17-9)5-11-4-7-2-1-3-12-14-7/h1-3,6,11H,4-5H2,(H,15,16). The van der Waals surface area contributed by atoms with E-state index in [-0.39, 0.29) is 5.01 Å². The van der Waals surface area contributed by atoms with Crippen LogP contribution < -0.4 is 5.32 Å². The van der Waals surface area contributed by atoms with Gasteiger partial charge in [0.1, 0.15) is 0 Å². The molecular formula is C10H10N4O2S. The summed E-state index contributed by atoms with van der Waals surface area (Å²) in [6, 6.07) is 3.68. The largest absolute Gasteiger partial charge is 0.476 e. The second kappa shape index (κ2) is 5.46. The Morgan fingerprint density at radius 3 is 2.88 bits per heavy atom. The van der Waals surface area contributed by atoms with Crippen LogP contribution in [0.2, 0.25) is 0 Å². The van der Waals surface area contributed by atoms with E-state index in [9.17, 15) is 4.79 Å². The van der Waals surface area contributed by atoms with E-state index in [4.69, 9.17) is 5.11 Å². The lowest BCUT2D eigenvalue weighted by molar-refractivity contribution is 0.0696. The maximum atomic E-state index is 10.6. The first kappa shape index (κ1) is 11.6. The first-order chi connectivity index (χ1) is 8.25. The normalized spacial score (nSPS) is 10.4. The van der Waals surface area contributed by atoms with Crippen molar-refractivity contribution in [1.29, 1.82) is 0 Å². The lowest BCUT2D eigenvalue weighted by Crippen LogP contribution is -2.14. The number of rotatable bonds is 5. The Labute approximate surface area is 101 Å². The summed E-state index contributed by atoms with van der Waals surface area (Å²) in [7, 11) is 0. The molecule has 0 aliphatic heterocycles. The number of hydrogen-bond acceptors (Lipinski definition) is 6. The Bertz CT molecular complexity index is 500. The second-order valence-corrected chi connectivity index (χ2v) is 4.13. The van der Waals surface area contributed by atoms with Gasteiger partial charge in [0, 0.05) is 24.7 Å². The smallest absolute Gasteiger partial charge is 0.365 e. The average molecular weight is 250 g/mol. The van der Waals surface area contributed by atoms with E-state index in [2.05, 4.69) is 20.5 Å². The molecule has 0 unspecified atom stereocenters. The summed E-state index contributed by atoms with van der Waals surface area (Å²) in [5.74, 6) is -0.991. The lowest BCUT2D eigenvalue weighted by atomic mass is 10.4. The Morgan fingerprint density at radius 1 is 1.41 bits per heavy atom. The van der Waals surface area contributed by atoms with E-state index in [0.717, 1.165) is 22.7 Å². The van der Waals surface area contributed by atoms with Gasteiger partial charge in [0.2, 0.25) is 5.01 Å². The van der Waals surface area contributed by atoms with Crippen LogP contribution in [0.25, 0.3) is 0 Å². The zero-order chi connectivity index (χ0) is 12.1. The fourth-order valence-corrected chi connectivity index (χ4v) is 1.89. The second-order valence-electron chi connectivity index (χ2n) is 3.27. The van der Waals surface area contributed by atoms with Gasteiger partial charge in [0.05, 0.1) is 11.4 Å². The molecule has 0 bridgehead atoms. The molecule has 0 spiro atoms. The molecule has 0 aliphatic carbocycles. The highest BCUT2D eigenvalue weighted by atomic mass is 32.1. The first-order valence-corrected chi connectivity index (χ1v) is 5.78. The van der Waals surface area contributed by atoms with Crippen molar-refractivity contribution < 1.29 is 9.90 Å². The molecule has 0 fully saturated rings.